The van der Waals surface area contributed by atoms with Crippen LogP contribution in [0.1, 0.15) is 54.0 Å². The molecule has 40 heavy (non-hydrogen) atoms. The molecule has 1 aliphatic rings. The van der Waals surface area contributed by atoms with E-state index in [1.807, 2.05) is 52.1 Å². The largest absolute Gasteiger partial charge is 0.487 e. The molecule has 2 atom stereocenters. The van der Waals surface area contributed by atoms with Gasteiger partial charge in [-0.1, -0.05) is 29.5 Å². The maximum atomic E-state index is 12.8. The topological polar surface area (TPSA) is 123 Å². The van der Waals surface area contributed by atoms with Crippen molar-refractivity contribution in [2.75, 3.05) is 13.2 Å². The second kappa shape index (κ2) is 11.2. The van der Waals surface area contributed by atoms with Crippen molar-refractivity contribution in [1.82, 2.24) is 24.3 Å². The van der Waals surface area contributed by atoms with Gasteiger partial charge in [-0.2, -0.15) is 4.31 Å². The Hall–Kier alpha value is -3.51. The van der Waals surface area contributed by atoms with E-state index in [4.69, 9.17) is 9.47 Å². The minimum Gasteiger partial charge on any atom is -0.487 e. The fourth-order valence-electron chi connectivity index (χ4n) is 5.30. The first-order valence-corrected chi connectivity index (χ1v) is 14.8. The molecule has 0 aliphatic carbocycles. The molecule has 3 heterocycles. The van der Waals surface area contributed by atoms with Gasteiger partial charge in [0.2, 0.25) is 0 Å². The molecule has 2 aromatic carbocycles. The SMILES string of the molecule is CCOC(=O)CC(c1ccc(C)c(CN2CC(C)Oc3ccncc3S2(O)O)c1)c1ccc2c(nnn2C)c1C. The molecular weight excluding hydrogens is 530 g/mol. The third-order valence-electron chi connectivity index (χ3n) is 7.44. The van der Waals surface area contributed by atoms with Crippen molar-refractivity contribution in [2.24, 2.45) is 7.05 Å². The summed E-state index contributed by atoms with van der Waals surface area (Å²) in [7, 11) is -1.50. The van der Waals surface area contributed by atoms with Crippen LogP contribution in [-0.4, -0.2) is 58.6 Å². The molecule has 10 nitrogen and oxygen atoms in total. The minimum absolute atomic E-state index is 0.159. The standard InChI is InChI=1S/C29H35N5O5S/c1-6-38-28(35)14-24(23-9-10-25-29(20(23)4)31-32-33(25)5)21-8-7-18(2)22(13-21)17-34-16-19(3)39-26-11-12-30-15-27(26)40(34,36)37/h7-13,15,19,24,36-37H,6,14,16-17H2,1-5H3. The summed E-state index contributed by atoms with van der Waals surface area (Å²) in [5.41, 5.74) is 6.48. The van der Waals surface area contributed by atoms with Crippen LogP contribution in [0, 0.1) is 13.8 Å². The summed E-state index contributed by atoms with van der Waals surface area (Å²) in [6.07, 6.45) is 2.93. The smallest absolute Gasteiger partial charge is 0.306 e. The first kappa shape index (κ1) is 28.0. The number of hydrogen-bond acceptors (Lipinski definition) is 9. The minimum atomic E-state index is -3.35. The second-order valence-electron chi connectivity index (χ2n) is 10.2. The van der Waals surface area contributed by atoms with Crippen molar-refractivity contribution < 1.29 is 23.4 Å². The summed E-state index contributed by atoms with van der Waals surface area (Å²) in [4.78, 5) is 17.2. The Labute approximate surface area is 235 Å². The molecule has 0 fully saturated rings. The number of benzene rings is 2. The lowest BCUT2D eigenvalue weighted by Crippen LogP contribution is -2.33. The van der Waals surface area contributed by atoms with Gasteiger partial charge in [0.1, 0.15) is 22.3 Å². The van der Waals surface area contributed by atoms with Crippen molar-refractivity contribution in [3.8, 4) is 5.75 Å². The molecule has 5 rings (SSSR count). The van der Waals surface area contributed by atoms with Crippen molar-refractivity contribution in [3.05, 3.63) is 76.6 Å². The van der Waals surface area contributed by atoms with Crippen molar-refractivity contribution in [3.63, 3.8) is 0 Å². The maximum absolute atomic E-state index is 12.8. The van der Waals surface area contributed by atoms with Gasteiger partial charge in [-0.25, -0.2) is 4.68 Å². The number of aryl methyl sites for hydroxylation is 3. The van der Waals surface area contributed by atoms with Gasteiger partial charge < -0.3 is 9.47 Å². The van der Waals surface area contributed by atoms with Gasteiger partial charge >= 0.3 is 5.97 Å². The van der Waals surface area contributed by atoms with Crippen LogP contribution in [0.15, 0.2) is 53.7 Å². The van der Waals surface area contributed by atoms with Crippen LogP contribution in [0.25, 0.3) is 11.0 Å². The summed E-state index contributed by atoms with van der Waals surface area (Å²) in [6, 6.07) is 11.7. The molecule has 0 bridgehead atoms. The quantitative estimate of drug-likeness (QED) is 0.285. The fraction of sp³-hybridized carbons (Fsp3) is 0.379. The molecule has 2 unspecified atom stereocenters. The molecule has 1 aliphatic heterocycles. The van der Waals surface area contributed by atoms with Crippen molar-refractivity contribution in [2.45, 2.75) is 57.6 Å². The highest BCUT2D eigenvalue weighted by molar-refractivity contribution is 8.22. The van der Waals surface area contributed by atoms with Crippen LogP contribution in [0.5, 0.6) is 5.75 Å². The third kappa shape index (κ3) is 5.29. The first-order chi connectivity index (χ1) is 19.1. The Kier molecular flexibility index (Phi) is 7.83. The van der Waals surface area contributed by atoms with E-state index in [1.54, 1.807) is 28.2 Å². The summed E-state index contributed by atoms with van der Waals surface area (Å²) in [5, 5.41) is 8.51. The molecule has 0 spiro atoms. The van der Waals surface area contributed by atoms with E-state index >= 15 is 0 Å². The number of carbonyl (C=O) groups is 1. The predicted molar refractivity (Wildman–Crippen MR) is 153 cm³/mol. The van der Waals surface area contributed by atoms with E-state index in [0.29, 0.717) is 18.9 Å². The zero-order chi connectivity index (χ0) is 28.6. The van der Waals surface area contributed by atoms with E-state index < -0.39 is 10.8 Å². The third-order valence-corrected chi connectivity index (χ3v) is 9.34. The lowest BCUT2D eigenvalue weighted by Gasteiger charge is -2.41. The fourth-order valence-corrected chi connectivity index (χ4v) is 6.90. The van der Waals surface area contributed by atoms with Crippen LogP contribution in [0.3, 0.4) is 0 Å². The molecule has 0 saturated heterocycles. The number of rotatable bonds is 7. The monoisotopic (exact) mass is 565 g/mol. The Balaban J connectivity index is 1.55. The van der Waals surface area contributed by atoms with Gasteiger partial charge in [0.05, 0.1) is 31.3 Å². The van der Waals surface area contributed by atoms with Crippen molar-refractivity contribution in [1.29, 1.82) is 0 Å². The van der Waals surface area contributed by atoms with Gasteiger partial charge in [0.25, 0.3) is 0 Å². The average Bonchev–Trinajstić information content (AvgIpc) is 3.26. The average molecular weight is 566 g/mol. The van der Waals surface area contributed by atoms with Crippen LogP contribution in [0.2, 0.25) is 0 Å². The maximum Gasteiger partial charge on any atom is 0.306 e. The molecule has 212 valence electrons. The number of aromatic nitrogens is 4. The van der Waals surface area contributed by atoms with Gasteiger partial charge in [-0.3, -0.25) is 18.9 Å². The molecule has 11 heteroatoms. The molecule has 2 aromatic heterocycles. The number of nitrogens with zero attached hydrogens (tertiary/aromatic N) is 5. The van der Waals surface area contributed by atoms with E-state index in [-0.39, 0.29) is 35.9 Å². The van der Waals surface area contributed by atoms with E-state index in [2.05, 4.69) is 21.4 Å². The van der Waals surface area contributed by atoms with E-state index in [1.165, 1.54) is 6.20 Å². The number of ether oxygens (including phenoxy) is 2. The zero-order valence-corrected chi connectivity index (χ0v) is 24.2. The second-order valence-corrected chi connectivity index (χ2v) is 12.2. The number of hydrogen-bond donors (Lipinski definition) is 2. The number of pyridine rings is 1. The van der Waals surface area contributed by atoms with Crippen LogP contribution < -0.4 is 4.74 Å². The number of esters is 1. The molecular formula is C29H35N5O5S. The van der Waals surface area contributed by atoms with E-state index in [0.717, 1.165) is 38.9 Å². The van der Waals surface area contributed by atoms with Crippen LogP contribution in [-0.2, 0) is 23.1 Å². The number of carbonyl (C=O) groups excluding carboxylic acids is 1. The van der Waals surface area contributed by atoms with Gasteiger partial charge in [-0.15, -0.1) is 15.9 Å². The first-order valence-electron chi connectivity index (χ1n) is 13.3. The summed E-state index contributed by atoms with van der Waals surface area (Å²) >= 11 is 0. The predicted octanol–water partition coefficient (Wildman–Crippen LogP) is 5.37. The Morgan fingerprint density at radius 2 is 2.02 bits per heavy atom. The lowest BCUT2D eigenvalue weighted by atomic mass is 9.84. The van der Waals surface area contributed by atoms with Crippen LogP contribution in [0.4, 0.5) is 0 Å². The zero-order valence-electron chi connectivity index (χ0n) is 23.4. The molecule has 0 saturated carbocycles. The Morgan fingerprint density at radius 1 is 1.23 bits per heavy atom. The molecule has 0 radical (unpaired) electrons. The highest BCUT2D eigenvalue weighted by Crippen LogP contribution is 2.57. The highest BCUT2D eigenvalue weighted by Gasteiger charge is 2.34. The Bertz CT molecular complexity index is 1560. The normalized spacial score (nSPS) is 18.4. The number of fused-ring (bicyclic) bond motifs is 2. The molecule has 4 aromatic rings. The summed E-state index contributed by atoms with van der Waals surface area (Å²) in [6.45, 7) is 8.59. The molecule has 2 N–H and O–H groups in total. The lowest BCUT2D eigenvalue weighted by molar-refractivity contribution is -0.143. The van der Waals surface area contributed by atoms with Gasteiger partial charge in [0, 0.05) is 31.8 Å². The van der Waals surface area contributed by atoms with Crippen LogP contribution >= 0.6 is 10.8 Å². The van der Waals surface area contributed by atoms with E-state index in [9.17, 15) is 13.9 Å². The molecule has 0 amide bonds. The summed E-state index contributed by atoms with van der Waals surface area (Å²) < 4.78 is 37.5. The highest BCUT2D eigenvalue weighted by atomic mass is 32.3. The van der Waals surface area contributed by atoms with Crippen molar-refractivity contribution >= 4 is 27.8 Å². The Morgan fingerprint density at radius 3 is 2.80 bits per heavy atom. The summed E-state index contributed by atoms with van der Waals surface area (Å²) in [5.74, 6) is -0.147. The van der Waals surface area contributed by atoms with Gasteiger partial charge in [0.15, 0.2) is 0 Å². The van der Waals surface area contributed by atoms with Gasteiger partial charge in [-0.05, 0) is 61.6 Å².